The van der Waals surface area contributed by atoms with Crippen LogP contribution in [0, 0.1) is 6.92 Å². The highest BCUT2D eigenvalue weighted by molar-refractivity contribution is 7.91. The summed E-state index contributed by atoms with van der Waals surface area (Å²) in [7, 11) is -2.95. The number of aryl methyl sites for hydroxylation is 1. The molecule has 0 aliphatic carbocycles. The summed E-state index contributed by atoms with van der Waals surface area (Å²) in [5, 5.41) is 9.67. The molecule has 5 heteroatoms. The normalized spacial score (nSPS) is 23.8. The monoisotopic (exact) mass is 270 g/mol. The summed E-state index contributed by atoms with van der Waals surface area (Å²) in [5.41, 5.74) is 1.72. The minimum atomic E-state index is -2.95. The van der Waals surface area contributed by atoms with Gasteiger partial charge < -0.3 is 9.84 Å². The van der Waals surface area contributed by atoms with Gasteiger partial charge in [-0.05, 0) is 31.9 Å². The lowest BCUT2D eigenvalue weighted by Crippen LogP contribution is -2.18. The van der Waals surface area contributed by atoms with Crippen molar-refractivity contribution in [3.05, 3.63) is 29.3 Å². The Hall–Kier alpha value is -1.07. The lowest BCUT2D eigenvalue weighted by Gasteiger charge is -2.17. The van der Waals surface area contributed by atoms with Crippen molar-refractivity contribution in [1.29, 1.82) is 0 Å². The van der Waals surface area contributed by atoms with Gasteiger partial charge >= 0.3 is 0 Å². The van der Waals surface area contributed by atoms with Gasteiger partial charge in [-0.3, -0.25) is 0 Å². The second kappa shape index (κ2) is 4.90. The van der Waals surface area contributed by atoms with E-state index in [1.54, 1.807) is 6.92 Å². The van der Waals surface area contributed by atoms with E-state index in [-0.39, 0.29) is 17.6 Å². The van der Waals surface area contributed by atoms with Crippen molar-refractivity contribution >= 4 is 9.84 Å². The second-order valence-electron chi connectivity index (χ2n) is 4.86. The average molecular weight is 270 g/mol. The first-order valence-corrected chi connectivity index (χ1v) is 7.85. The van der Waals surface area contributed by atoms with Crippen molar-refractivity contribution in [2.45, 2.75) is 32.5 Å². The molecule has 0 bridgehead atoms. The Bertz CT molecular complexity index is 534. The van der Waals surface area contributed by atoms with E-state index < -0.39 is 15.9 Å². The first-order chi connectivity index (χ1) is 8.37. The number of hydrogen-bond acceptors (Lipinski definition) is 4. The lowest BCUT2D eigenvalue weighted by atomic mass is 10.1. The van der Waals surface area contributed by atoms with Gasteiger partial charge in [0.25, 0.3) is 0 Å². The molecular weight excluding hydrogens is 252 g/mol. The Morgan fingerprint density at radius 1 is 1.44 bits per heavy atom. The van der Waals surface area contributed by atoms with Gasteiger partial charge in [-0.25, -0.2) is 8.42 Å². The van der Waals surface area contributed by atoms with Crippen LogP contribution in [0.3, 0.4) is 0 Å². The van der Waals surface area contributed by atoms with E-state index >= 15 is 0 Å². The average Bonchev–Trinajstić information content (AvgIpc) is 2.57. The van der Waals surface area contributed by atoms with Gasteiger partial charge in [0.2, 0.25) is 0 Å². The molecule has 1 aliphatic rings. The lowest BCUT2D eigenvalue weighted by molar-refractivity contribution is 0.180. The van der Waals surface area contributed by atoms with Crippen LogP contribution in [-0.4, -0.2) is 31.1 Å². The summed E-state index contributed by atoms with van der Waals surface area (Å²) in [5.74, 6) is 0.848. The van der Waals surface area contributed by atoms with Crippen molar-refractivity contribution in [1.82, 2.24) is 0 Å². The van der Waals surface area contributed by atoms with E-state index in [9.17, 15) is 13.5 Å². The Balaban J connectivity index is 2.21. The molecule has 1 unspecified atom stereocenters. The zero-order chi connectivity index (χ0) is 13.3. The summed E-state index contributed by atoms with van der Waals surface area (Å²) in [6, 6.07) is 5.56. The molecule has 0 amide bonds. The Morgan fingerprint density at radius 3 is 2.72 bits per heavy atom. The van der Waals surface area contributed by atoms with Crippen molar-refractivity contribution in [2.24, 2.45) is 0 Å². The van der Waals surface area contributed by atoms with E-state index in [4.69, 9.17) is 4.74 Å². The minimum absolute atomic E-state index is 0.0696. The van der Waals surface area contributed by atoms with Gasteiger partial charge in [0.1, 0.15) is 11.9 Å². The molecule has 0 saturated carbocycles. The van der Waals surface area contributed by atoms with Gasteiger partial charge in [0, 0.05) is 5.56 Å². The van der Waals surface area contributed by atoms with Gasteiger partial charge in [-0.1, -0.05) is 12.1 Å². The molecule has 2 atom stereocenters. The van der Waals surface area contributed by atoms with Crippen LogP contribution in [-0.2, 0) is 9.84 Å². The standard InChI is InChI=1S/C13H18O4S/c1-9-3-4-12(10(2)14)13(7-9)17-11-5-6-18(15,16)8-11/h3-4,7,10-11,14H,5-6,8H2,1-2H3/t10-,11?/m0/s1. The van der Waals surface area contributed by atoms with Crippen molar-refractivity contribution in [2.75, 3.05) is 11.5 Å². The van der Waals surface area contributed by atoms with E-state index in [2.05, 4.69) is 0 Å². The number of aliphatic hydroxyl groups excluding tert-OH is 1. The van der Waals surface area contributed by atoms with Gasteiger partial charge in [-0.15, -0.1) is 0 Å². The quantitative estimate of drug-likeness (QED) is 0.906. The minimum Gasteiger partial charge on any atom is -0.489 e. The maximum Gasteiger partial charge on any atom is 0.154 e. The summed E-state index contributed by atoms with van der Waals surface area (Å²) >= 11 is 0. The Labute approximate surface area is 108 Å². The first kappa shape index (κ1) is 13.4. The van der Waals surface area contributed by atoms with Crippen LogP contribution in [0.1, 0.15) is 30.6 Å². The molecule has 1 N–H and O–H groups in total. The molecule has 1 aromatic carbocycles. The van der Waals surface area contributed by atoms with Crippen LogP contribution in [0.25, 0.3) is 0 Å². The summed E-state index contributed by atoms with van der Waals surface area (Å²) in [4.78, 5) is 0. The van der Waals surface area contributed by atoms with Crippen molar-refractivity contribution in [3.63, 3.8) is 0 Å². The molecule has 1 heterocycles. The van der Waals surface area contributed by atoms with Crippen LogP contribution in [0.5, 0.6) is 5.75 Å². The molecular formula is C13H18O4S. The van der Waals surface area contributed by atoms with Crippen LogP contribution >= 0.6 is 0 Å². The fourth-order valence-electron chi connectivity index (χ4n) is 2.12. The van der Waals surface area contributed by atoms with E-state index in [0.717, 1.165) is 5.56 Å². The third-order valence-electron chi connectivity index (χ3n) is 3.10. The molecule has 1 aliphatic heterocycles. The molecule has 0 radical (unpaired) electrons. The van der Waals surface area contributed by atoms with Crippen LogP contribution in [0.4, 0.5) is 0 Å². The molecule has 0 aromatic heterocycles. The second-order valence-corrected chi connectivity index (χ2v) is 7.09. The highest BCUT2D eigenvalue weighted by Gasteiger charge is 2.30. The van der Waals surface area contributed by atoms with Gasteiger partial charge in [0.15, 0.2) is 9.84 Å². The van der Waals surface area contributed by atoms with Crippen LogP contribution < -0.4 is 4.74 Å². The Morgan fingerprint density at radius 2 is 2.17 bits per heavy atom. The third-order valence-corrected chi connectivity index (χ3v) is 4.84. The molecule has 100 valence electrons. The first-order valence-electron chi connectivity index (χ1n) is 6.03. The number of hydrogen-bond donors (Lipinski definition) is 1. The zero-order valence-corrected chi connectivity index (χ0v) is 11.4. The number of aliphatic hydroxyl groups is 1. The van der Waals surface area contributed by atoms with E-state index in [1.807, 2.05) is 25.1 Å². The SMILES string of the molecule is Cc1ccc([C@H](C)O)c(OC2CCS(=O)(=O)C2)c1. The van der Waals surface area contributed by atoms with Crippen LogP contribution in [0.2, 0.25) is 0 Å². The topological polar surface area (TPSA) is 63.6 Å². The third kappa shape index (κ3) is 3.03. The number of benzene rings is 1. The van der Waals surface area contributed by atoms with Gasteiger partial charge in [0.05, 0.1) is 17.6 Å². The molecule has 1 fully saturated rings. The maximum absolute atomic E-state index is 11.4. The fraction of sp³-hybridized carbons (Fsp3) is 0.538. The van der Waals surface area contributed by atoms with Crippen LogP contribution in [0.15, 0.2) is 18.2 Å². The fourth-order valence-corrected chi connectivity index (χ4v) is 3.71. The molecule has 1 saturated heterocycles. The molecule has 2 rings (SSSR count). The molecule has 4 nitrogen and oxygen atoms in total. The highest BCUT2D eigenvalue weighted by atomic mass is 32.2. The highest BCUT2D eigenvalue weighted by Crippen LogP contribution is 2.29. The number of rotatable bonds is 3. The largest absolute Gasteiger partial charge is 0.489 e. The van der Waals surface area contributed by atoms with Crippen molar-refractivity contribution < 1.29 is 18.3 Å². The summed E-state index contributed by atoms with van der Waals surface area (Å²) < 4.78 is 28.5. The molecule has 1 aromatic rings. The molecule has 0 spiro atoms. The Kier molecular flexibility index (Phi) is 3.64. The van der Waals surface area contributed by atoms with Gasteiger partial charge in [-0.2, -0.15) is 0 Å². The summed E-state index contributed by atoms with van der Waals surface area (Å²) in [6.45, 7) is 3.60. The predicted octanol–water partition coefficient (Wildman–Crippen LogP) is 1.61. The van der Waals surface area contributed by atoms with Crippen molar-refractivity contribution in [3.8, 4) is 5.75 Å². The smallest absolute Gasteiger partial charge is 0.154 e. The molecule has 18 heavy (non-hydrogen) atoms. The van der Waals surface area contributed by atoms with E-state index in [1.165, 1.54) is 0 Å². The summed E-state index contributed by atoms with van der Waals surface area (Å²) in [6.07, 6.45) is -0.400. The maximum atomic E-state index is 11.4. The predicted molar refractivity (Wildman–Crippen MR) is 69.5 cm³/mol. The van der Waals surface area contributed by atoms with E-state index in [0.29, 0.717) is 17.7 Å². The number of ether oxygens (including phenoxy) is 1. The zero-order valence-electron chi connectivity index (χ0n) is 10.6. The number of sulfone groups is 1.